The van der Waals surface area contributed by atoms with E-state index in [1.165, 1.54) is 12.2 Å². The lowest BCUT2D eigenvalue weighted by atomic mass is 10.2. The van der Waals surface area contributed by atoms with Crippen LogP contribution in [0.5, 0.6) is 0 Å². The summed E-state index contributed by atoms with van der Waals surface area (Å²) in [6, 6.07) is 11.9. The van der Waals surface area contributed by atoms with E-state index in [-0.39, 0.29) is 11.4 Å². The molecule has 0 unspecified atom stereocenters. The number of H-pyrrole nitrogens is 1. The molecule has 0 fully saturated rings. The van der Waals surface area contributed by atoms with Gasteiger partial charge < -0.3 is 9.72 Å². The van der Waals surface area contributed by atoms with E-state index in [0.29, 0.717) is 26.5 Å². The SMILES string of the molecule is C[C@H](OC(=O)/C=C/c1ccc(Cl)cc1Cl)c1nc2ccccc2c(=O)[nH]1. The van der Waals surface area contributed by atoms with Gasteiger partial charge in [-0.3, -0.25) is 4.79 Å². The number of halogens is 2. The highest BCUT2D eigenvalue weighted by molar-refractivity contribution is 6.35. The summed E-state index contributed by atoms with van der Waals surface area (Å²) < 4.78 is 5.30. The molecule has 0 saturated heterocycles. The van der Waals surface area contributed by atoms with Gasteiger partial charge in [-0.25, -0.2) is 9.78 Å². The van der Waals surface area contributed by atoms with Gasteiger partial charge in [0, 0.05) is 16.1 Å². The van der Waals surface area contributed by atoms with Crippen LogP contribution in [0.15, 0.2) is 53.3 Å². The number of nitrogens with zero attached hydrogens (tertiary/aromatic N) is 1. The lowest BCUT2D eigenvalue weighted by Gasteiger charge is -2.11. The molecule has 0 radical (unpaired) electrons. The number of ether oxygens (including phenoxy) is 1. The van der Waals surface area contributed by atoms with E-state index in [2.05, 4.69) is 9.97 Å². The number of hydrogen-bond donors (Lipinski definition) is 1. The monoisotopic (exact) mass is 388 g/mol. The van der Waals surface area contributed by atoms with E-state index in [0.717, 1.165) is 0 Å². The third-order valence-electron chi connectivity index (χ3n) is 3.67. The van der Waals surface area contributed by atoms with Crippen LogP contribution in [0.2, 0.25) is 10.0 Å². The number of aromatic nitrogens is 2. The molecule has 5 nitrogen and oxygen atoms in total. The van der Waals surface area contributed by atoms with E-state index in [1.807, 2.05) is 0 Å². The molecule has 1 aromatic heterocycles. The number of hydrogen-bond acceptors (Lipinski definition) is 4. The number of fused-ring (bicyclic) bond motifs is 1. The van der Waals surface area contributed by atoms with Crippen LogP contribution < -0.4 is 5.56 Å². The van der Waals surface area contributed by atoms with Gasteiger partial charge in [-0.15, -0.1) is 0 Å². The molecule has 1 heterocycles. The van der Waals surface area contributed by atoms with Gasteiger partial charge in [0.05, 0.1) is 10.9 Å². The van der Waals surface area contributed by atoms with Crippen LogP contribution in [-0.4, -0.2) is 15.9 Å². The fourth-order valence-electron chi connectivity index (χ4n) is 2.36. The van der Waals surface area contributed by atoms with Crippen LogP contribution in [0.4, 0.5) is 0 Å². The molecular weight excluding hydrogens is 375 g/mol. The van der Waals surface area contributed by atoms with Gasteiger partial charge in [-0.1, -0.05) is 41.4 Å². The van der Waals surface area contributed by atoms with Crippen LogP contribution >= 0.6 is 23.2 Å². The zero-order valence-electron chi connectivity index (χ0n) is 13.7. The smallest absolute Gasteiger partial charge is 0.331 e. The Kier molecular flexibility index (Phi) is 5.40. The van der Waals surface area contributed by atoms with E-state index in [4.69, 9.17) is 27.9 Å². The molecule has 0 spiro atoms. The molecule has 2 aromatic carbocycles. The molecule has 3 aromatic rings. The lowest BCUT2D eigenvalue weighted by molar-refractivity contribution is -0.142. The Balaban J connectivity index is 1.75. The number of carbonyl (C=O) groups excluding carboxylic acids is 1. The van der Waals surface area contributed by atoms with Crippen LogP contribution in [0.25, 0.3) is 17.0 Å². The van der Waals surface area contributed by atoms with Crippen molar-refractivity contribution in [1.29, 1.82) is 0 Å². The molecule has 0 saturated carbocycles. The zero-order chi connectivity index (χ0) is 18.7. The van der Waals surface area contributed by atoms with Gasteiger partial charge in [-0.2, -0.15) is 0 Å². The second kappa shape index (κ2) is 7.72. The first-order valence-electron chi connectivity index (χ1n) is 7.77. The summed E-state index contributed by atoms with van der Waals surface area (Å²) in [5, 5.41) is 1.41. The topological polar surface area (TPSA) is 72.0 Å². The molecule has 0 aliphatic heterocycles. The van der Waals surface area contributed by atoms with Gasteiger partial charge in [0.25, 0.3) is 5.56 Å². The summed E-state index contributed by atoms with van der Waals surface area (Å²) in [4.78, 5) is 31.1. The van der Waals surface area contributed by atoms with Crippen molar-refractivity contribution < 1.29 is 9.53 Å². The van der Waals surface area contributed by atoms with Gasteiger partial charge >= 0.3 is 5.97 Å². The molecule has 0 aliphatic rings. The van der Waals surface area contributed by atoms with E-state index in [9.17, 15) is 9.59 Å². The highest BCUT2D eigenvalue weighted by Gasteiger charge is 2.14. The number of aromatic amines is 1. The van der Waals surface area contributed by atoms with Crippen molar-refractivity contribution >= 4 is 46.2 Å². The van der Waals surface area contributed by atoms with Crippen LogP contribution in [0.1, 0.15) is 24.4 Å². The molecular formula is C19H14Cl2N2O3. The van der Waals surface area contributed by atoms with Crippen LogP contribution in [0.3, 0.4) is 0 Å². The van der Waals surface area contributed by atoms with Crippen LogP contribution in [0, 0.1) is 0 Å². The summed E-state index contributed by atoms with van der Waals surface area (Å²) in [6.07, 6.45) is 2.07. The van der Waals surface area contributed by atoms with Crippen molar-refractivity contribution in [2.75, 3.05) is 0 Å². The Morgan fingerprint density at radius 1 is 1.23 bits per heavy atom. The minimum absolute atomic E-state index is 0.278. The number of para-hydroxylation sites is 1. The quantitative estimate of drug-likeness (QED) is 0.525. The Morgan fingerprint density at radius 2 is 2.00 bits per heavy atom. The molecule has 0 bridgehead atoms. The highest BCUT2D eigenvalue weighted by Crippen LogP contribution is 2.22. The first kappa shape index (κ1) is 18.2. The van der Waals surface area contributed by atoms with E-state index in [1.54, 1.807) is 49.4 Å². The van der Waals surface area contributed by atoms with Crippen molar-refractivity contribution in [3.63, 3.8) is 0 Å². The first-order valence-corrected chi connectivity index (χ1v) is 8.52. The molecule has 1 atom stereocenters. The maximum atomic E-state index is 12.1. The van der Waals surface area contributed by atoms with Crippen molar-refractivity contribution in [3.8, 4) is 0 Å². The second-order valence-corrected chi connectivity index (χ2v) is 6.39. The maximum absolute atomic E-state index is 12.1. The fraction of sp³-hybridized carbons (Fsp3) is 0.105. The van der Waals surface area contributed by atoms with Crippen molar-refractivity contribution in [2.24, 2.45) is 0 Å². The number of nitrogens with one attached hydrogen (secondary N) is 1. The first-order chi connectivity index (χ1) is 12.4. The standard InChI is InChI=1S/C19H14Cl2N2O3/c1-11(18-22-16-5-3-2-4-14(16)19(25)23-18)26-17(24)9-7-12-6-8-13(20)10-15(12)21/h2-11H,1H3,(H,22,23,25)/b9-7+/t11-/m0/s1. The minimum atomic E-state index is -0.717. The zero-order valence-corrected chi connectivity index (χ0v) is 15.2. The molecule has 0 aliphatic carbocycles. The Labute approximate surface area is 159 Å². The Morgan fingerprint density at radius 3 is 2.77 bits per heavy atom. The predicted octanol–water partition coefficient (Wildman–Crippen LogP) is 4.55. The maximum Gasteiger partial charge on any atom is 0.331 e. The lowest BCUT2D eigenvalue weighted by Crippen LogP contribution is -2.16. The van der Waals surface area contributed by atoms with Gasteiger partial charge in [0.15, 0.2) is 11.9 Å². The third-order valence-corrected chi connectivity index (χ3v) is 4.23. The highest BCUT2D eigenvalue weighted by atomic mass is 35.5. The summed E-state index contributed by atoms with van der Waals surface area (Å²) in [5.41, 5.74) is 0.896. The number of benzene rings is 2. The molecule has 1 N–H and O–H groups in total. The Bertz CT molecular complexity index is 1060. The molecule has 3 rings (SSSR count). The minimum Gasteiger partial charge on any atom is -0.451 e. The molecule has 0 amide bonds. The van der Waals surface area contributed by atoms with Crippen molar-refractivity contribution in [3.05, 3.63) is 80.3 Å². The Hall–Kier alpha value is -2.63. The number of carbonyl (C=O) groups is 1. The average molecular weight is 389 g/mol. The summed E-state index contributed by atoms with van der Waals surface area (Å²) >= 11 is 11.9. The number of rotatable bonds is 4. The summed E-state index contributed by atoms with van der Waals surface area (Å²) in [6.45, 7) is 1.63. The fourth-order valence-corrected chi connectivity index (χ4v) is 2.83. The summed E-state index contributed by atoms with van der Waals surface area (Å²) in [5.74, 6) is -0.306. The van der Waals surface area contributed by atoms with E-state index < -0.39 is 12.1 Å². The van der Waals surface area contributed by atoms with Gasteiger partial charge in [0.1, 0.15) is 0 Å². The predicted molar refractivity (Wildman–Crippen MR) is 102 cm³/mol. The molecule has 132 valence electrons. The van der Waals surface area contributed by atoms with Crippen molar-refractivity contribution in [1.82, 2.24) is 9.97 Å². The normalized spacial score (nSPS) is 12.4. The van der Waals surface area contributed by atoms with Gasteiger partial charge in [0.2, 0.25) is 0 Å². The summed E-state index contributed by atoms with van der Waals surface area (Å²) in [7, 11) is 0. The second-order valence-electron chi connectivity index (χ2n) is 5.55. The van der Waals surface area contributed by atoms with E-state index >= 15 is 0 Å². The molecule has 26 heavy (non-hydrogen) atoms. The third kappa shape index (κ3) is 4.12. The largest absolute Gasteiger partial charge is 0.451 e. The average Bonchev–Trinajstić information content (AvgIpc) is 2.61. The molecule has 7 heteroatoms. The van der Waals surface area contributed by atoms with Crippen LogP contribution in [-0.2, 0) is 9.53 Å². The number of esters is 1. The van der Waals surface area contributed by atoms with Gasteiger partial charge in [-0.05, 0) is 42.8 Å². The van der Waals surface area contributed by atoms with Crippen molar-refractivity contribution in [2.45, 2.75) is 13.0 Å².